The zero-order chi connectivity index (χ0) is 25.4. The standard InChI is InChI=1S/C28H36N8O/c1-4-37-22(3)36-24-11-6-5-10-23(24)29-28(36)33-18-16-32(17-19-33)14-9-15-34-20-27-31-30-21(2)35(27)26-13-8-7-12-25(26)34/h5-8,10-13,22H,4,9,14-20H2,1-3H3. The van der Waals surface area contributed by atoms with Crippen LogP contribution in [0.2, 0.25) is 0 Å². The van der Waals surface area contributed by atoms with Crippen LogP contribution in [0, 0.1) is 6.92 Å². The Morgan fingerprint density at radius 3 is 2.49 bits per heavy atom. The zero-order valence-corrected chi connectivity index (χ0v) is 22.0. The van der Waals surface area contributed by atoms with Crippen molar-refractivity contribution in [3.63, 3.8) is 0 Å². The molecule has 0 amide bonds. The van der Waals surface area contributed by atoms with Crippen molar-refractivity contribution in [1.82, 2.24) is 29.2 Å². The maximum Gasteiger partial charge on any atom is 0.208 e. The van der Waals surface area contributed by atoms with Gasteiger partial charge in [-0.25, -0.2) is 4.98 Å². The summed E-state index contributed by atoms with van der Waals surface area (Å²) in [6, 6.07) is 17.0. The van der Waals surface area contributed by atoms with Crippen molar-refractivity contribution < 1.29 is 4.74 Å². The lowest BCUT2D eigenvalue weighted by atomic mass is 10.1. The summed E-state index contributed by atoms with van der Waals surface area (Å²) in [6.45, 7) is 13.8. The van der Waals surface area contributed by atoms with Crippen LogP contribution in [-0.2, 0) is 11.3 Å². The molecule has 1 saturated heterocycles. The molecule has 0 aliphatic carbocycles. The van der Waals surface area contributed by atoms with Crippen LogP contribution in [0.15, 0.2) is 48.5 Å². The Morgan fingerprint density at radius 2 is 1.68 bits per heavy atom. The maximum absolute atomic E-state index is 5.98. The van der Waals surface area contributed by atoms with E-state index >= 15 is 0 Å². The van der Waals surface area contributed by atoms with Gasteiger partial charge < -0.3 is 14.5 Å². The number of para-hydroxylation sites is 4. The first-order valence-corrected chi connectivity index (χ1v) is 13.4. The minimum atomic E-state index is -0.0487. The van der Waals surface area contributed by atoms with Crippen LogP contribution in [0.4, 0.5) is 11.6 Å². The first-order chi connectivity index (χ1) is 18.1. The van der Waals surface area contributed by atoms with Gasteiger partial charge in [0.15, 0.2) is 5.82 Å². The number of hydrogen-bond acceptors (Lipinski definition) is 7. The fourth-order valence-electron chi connectivity index (χ4n) is 5.78. The molecule has 0 saturated carbocycles. The Hall–Kier alpha value is -3.43. The van der Waals surface area contributed by atoms with Gasteiger partial charge in [0.1, 0.15) is 12.1 Å². The quantitative estimate of drug-likeness (QED) is 0.362. The molecule has 1 fully saturated rings. The second kappa shape index (κ2) is 10.1. The van der Waals surface area contributed by atoms with E-state index in [0.717, 1.165) is 80.9 Å². The topological polar surface area (TPSA) is 67.5 Å². The van der Waals surface area contributed by atoms with Gasteiger partial charge in [-0.15, -0.1) is 10.2 Å². The summed E-state index contributed by atoms with van der Waals surface area (Å²) >= 11 is 0. The molecule has 0 spiro atoms. The highest BCUT2D eigenvalue weighted by atomic mass is 16.5. The summed E-state index contributed by atoms with van der Waals surface area (Å²) in [4.78, 5) is 12.5. The van der Waals surface area contributed by atoms with Crippen molar-refractivity contribution in [3.8, 4) is 5.69 Å². The molecule has 2 aromatic heterocycles. The van der Waals surface area contributed by atoms with E-state index in [1.807, 2.05) is 13.8 Å². The first-order valence-electron chi connectivity index (χ1n) is 13.4. The Kier molecular flexibility index (Phi) is 6.56. The average molecular weight is 501 g/mol. The van der Waals surface area contributed by atoms with Gasteiger partial charge in [-0.05, 0) is 58.0 Å². The van der Waals surface area contributed by atoms with E-state index in [9.17, 15) is 0 Å². The van der Waals surface area contributed by atoms with E-state index in [2.05, 4.69) is 89.5 Å². The third-order valence-corrected chi connectivity index (χ3v) is 7.59. The van der Waals surface area contributed by atoms with Crippen molar-refractivity contribution in [1.29, 1.82) is 0 Å². The minimum Gasteiger partial charge on any atom is -0.362 e. The summed E-state index contributed by atoms with van der Waals surface area (Å²) in [7, 11) is 0. The average Bonchev–Trinajstić information content (AvgIpc) is 3.50. The number of hydrogen-bond donors (Lipinski definition) is 0. The van der Waals surface area contributed by atoms with Crippen LogP contribution in [-0.4, -0.2) is 75.1 Å². The molecular formula is C28H36N8O. The molecule has 37 heavy (non-hydrogen) atoms. The number of fused-ring (bicyclic) bond motifs is 4. The van der Waals surface area contributed by atoms with Gasteiger partial charge in [0.05, 0.1) is 29.0 Å². The highest BCUT2D eigenvalue weighted by Crippen LogP contribution is 2.32. The molecule has 2 aromatic carbocycles. The Balaban J connectivity index is 1.08. The highest BCUT2D eigenvalue weighted by molar-refractivity contribution is 5.79. The van der Waals surface area contributed by atoms with Crippen LogP contribution in [0.5, 0.6) is 0 Å². The predicted molar refractivity (Wildman–Crippen MR) is 146 cm³/mol. The summed E-state index contributed by atoms with van der Waals surface area (Å²) < 4.78 is 10.4. The van der Waals surface area contributed by atoms with Gasteiger partial charge in [-0.2, -0.15) is 0 Å². The SMILES string of the molecule is CCOC(C)n1c(N2CCN(CCCN3Cc4nnc(C)n4-c4ccccc43)CC2)nc2ccccc21. The summed E-state index contributed by atoms with van der Waals surface area (Å²) in [5, 5.41) is 8.74. The monoisotopic (exact) mass is 500 g/mol. The van der Waals surface area contributed by atoms with Crippen molar-refractivity contribution in [2.45, 2.75) is 40.0 Å². The van der Waals surface area contributed by atoms with Crippen LogP contribution in [0.25, 0.3) is 16.7 Å². The minimum absolute atomic E-state index is 0.0487. The van der Waals surface area contributed by atoms with Crippen LogP contribution < -0.4 is 9.80 Å². The molecule has 4 heterocycles. The molecule has 194 valence electrons. The molecule has 0 radical (unpaired) electrons. The van der Waals surface area contributed by atoms with Gasteiger partial charge in [0.25, 0.3) is 0 Å². The van der Waals surface area contributed by atoms with Gasteiger partial charge in [0, 0.05) is 39.3 Å². The molecule has 4 aromatic rings. The number of imidazole rings is 1. The Labute approximate surface area is 218 Å². The lowest BCUT2D eigenvalue weighted by molar-refractivity contribution is 0.0283. The lowest BCUT2D eigenvalue weighted by Gasteiger charge is -2.37. The number of piperazine rings is 1. The molecule has 6 rings (SSSR count). The van der Waals surface area contributed by atoms with Gasteiger partial charge in [-0.3, -0.25) is 14.0 Å². The van der Waals surface area contributed by atoms with E-state index < -0.39 is 0 Å². The van der Waals surface area contributed by atoms with Gasteiger partial charge >= 0.3 is 0 Å². The highest BCUT2D eigenvalue weighted by Gasteiger charge is 2.26. The smallest absolute Gasteiger partial charge is 0.208 e. The number of anilines is 2. The molecule has 0 N–H and O–H groups in total. The van der Waals surface area contributed by atoms with Crippen molar-refractivity contribution in [3.05, 3.63) is 60.2 Å². The van der Waals surface area contributed by atoms with Crippen LogP contribution in [0.1, 0.15) is 38.1 Å². The number of aryl methyl sites for hydroxylation is 1. The van der Waals surface area contributed by atoms with E-state index in [0.29, 0.717) is 6.61 Å². The second-order valence-electron chi connectivity index (χ2n) is 9.92. The largest absolute Gasteiger partial charge is 0.362 e. The fourth-order valence-corrected chi connectivity index (χ4v) is 5.78. The van der Waals surface area contributed by atoms with Crippen molar-refractivity contribution in [2.75, 3.05) is 55.7 Å². The third kappa shape index (κ3) is 4.46. The van der Waals surface area contributed by atoms with Crippen LogP contribution >= 0.6 is 0 Å². The van der Waals surface area contributed by atoms with Crippen molar-refractivity contribution >= 4 is 22.7 Å². The number of benzene rings is 2. The summed E-state index contributed by atoms with van der Waals surface area (Å²) in [6.07, 6.45) is 1.06. The lowest BCUT2D eigenvalue weighted by Crippen LogP contribution is -2.48. The maximum atomic E-state index is 5.98. The number of ether oxygens (including phenoxy) is 1. The van der Waals surface area contributed by atoms with Gasteiger partial charge in [0.2, 0.25) is 5.95 Å². The Bertz CT molecular complexity index is 1370. The number of nitrogens with zero attached hydrogens (tertiary/aromatic N) is 8. The number of aromatic nitrogens is 5. The van der Waals surface area contributed by atoms with E-state index in [1.165, 1.54) is 11.4 Å². The summed E-state index contributed by atoms with van der Waals surface area (Å²) in [5.74, 6) is 2.99. The molecule has 9 nitrogen and oxygen atoms in total. The second-order valence-corrected chi connectivity index (χ2v) is 9.92. The molecule has 2 aliphatic heterocycles. The van der Waals surface area contributed by atoms with E-state index in [-0.39, 0.29) is 6.23 Å². The van der Waals surface area contributed by atoms with E-state index in [1.54, 1.807) is 0 Å². The molecule has 0 bridgehead atoms. The van der Waals surface area contributed by atoms with Gasteiger partial charge in [-0.1, -0.05) is 24.3 Å². The molecule has 1 atom stereocenters. The zero-order valence-electron chi connectivity index (χ0n) is 22.0. The van der Waals surface area contributed by atoms with Crippen molar-refractivity contribution in [2.24, 2.45) is 0 Å². The normalized spacial score (nSPS) is 16.7. The fraction of sp³-hybridized carbons (Fsp3) is 0.464. The summed E-state index contributed by atoms with van der Waals surface area (Å²) in [5.41, 5.74) is 4.61. The first kappa shape index (κ1) is 23.9. The predicted octanol–water partition coefficient (Wildman–Crippen LogP) is 4.01. The third-order valence-electron chi connectivity index (χ3n) is 7.59. The van der Waals surface area contributed by atoms with E-state index in [4.69, 9.17) is 9.72 Å². The molecule has 9 heteroatoms. The molecule has 2 aliphatic rings. The van der Waals surface area contributed by atoms with Crippen LogP contribution in [0.3, 0.4) is 0 Å². The molecule has 1 unspecified atom stereocenters. The number of rotatable bonds is 8. The Morgan fingerprint density at radius 1 is 0.919 bits per heavy atom. The molecular weight excluding hydrogens is 464 g/mol.